The molecule has 1 aromatic carbocycles. The van der Waals surface area contributed by atoms with Crippen LogP contribution in [0.25, 0.3) is 0 Å². The first-order chi connectivity index (χ1) is 11.9. The number of benzene rings is 1. The number of hydrogen-bond acceptors (Lipinski definition) is 5. The standard InChI is InChI=1S/C16H19N3O5S/c1-2-12(13-4-3-5-18-13)19-16(20)11-8-10(25(17,21)22)9-14-15(11)24-7-6-23-14/h3-5,8-9,12,18H,2,6-7H2,1H3,(H,19,20)(H2,17,21,22). The van der Waals surface area contributed by atoms with E-state index in [1.54, 1.807) is 6.20 Å². The average molecular weight is 365 g/mol. The molecule has 1 aliphatic heterocycles. The maximum absolute atomic E-state index is 12.8. The van der Waals surface area contributed by atoms with Crippen LogP contribution in [0.1, 0.15) is 35.4 Å². The maximum atomic E-state index is 12.8. The summed E-state index contributed by atoms with van der Waals surface area (Å²) in [5.41, 5.74) is 0.927. The van der Waals surface area contributed by atoms with Gasteiger partial charge in [-0.1, -0.05) is 6.92 Å². The van der Waals surface area contributed by atoms with E-state index in [4.69, 9.17) is 14.6 Å². The van der Waals surface area contributed by atoms with Gasteiger partial charge in [-0.3, -0.25) is 4.79 Å². The Hall–Kier alpha value is -2.52. The van der Waals surface area contributed by atoms with Gasteiger partial charge in [0.25, 0.3) is 5.91 Å². The fourth-order valence-electron chi connectivity index (χ4n) is 2.66. The largest absolute Gasteiger partial charge is 0.486 e. The zero-order valence-electron chi connectivity index (χ0n) is 13.6. The molecule has 8 nitrogen and oxygen atoms in total. The van der Waals surface area contributed by atoms with Crippen molar-refractivity contribution in [2.45, 2.75) is 24.3 Å². The summed E-state index contributed by atoms with van der Waals surface area (Å²) in [6.07, 6.45) is 2.42. The number of H-pyrrole nitrogens is 1. The van der Waals surface area contributed by atoms with Crippen LogP contribution in [0.3, 0.4) is 0 Å². The van der Waals surface area contributed by atoms with Gasteiger partial charge in [0.1, 0.15) is 13.2 Å². The summed E-state index contributed by atoms with van der Waals surface area (Å²) in [5.74, 6) is -0.0537. The van der Waals surface area contributed by atoms with Crippen molar-refractivity contribution in [1.29, 1.82) is 0 Å². The third kappa shape index (κ3) is 3.62. The van der Waals surface area contributed by atoms with Crippen molar-refractivity contribution in [3.8, 4) is 11.5 Å². The molecule has 1 aromatic heterocycles. The zero-order chi connectivity index (χ0) is 18.0. The molecule has 0 spiro atoms. The van der Waals surface area contributed by atoms with Crippen LogP contribution < -0.4 is 19.9 Å². The molecule has 0 saturated carbocycles. The molecule has 3 rings (SSSR count). The van der Waals surface area contributed by atoms with Gasteiger partial charge in [0.2, 0.25) is 10.0 Å². The SMILES string of the molecule is CCC(NC(=O)c1cc(S(N)(=O)=O)cc2c1OCCO2)c1ccc[nH]1. The van der Waals surface area contributed by atoms with Crippen molar-refractivity contribution >= 4 is 15.9 Å². The number of fused-ring (bicyclic) bond motifs is 1. The van der Waals surface area contributed by atoms with Gasteiger partial charge >= 0.3 is 0 Å². The van der Waals surface area contributed by atoms with Crippen molar-refractivity contribution in [3.05, 3.63) is 41.7 Å². The van der Waals surface area contributed by atoms with Crippen molar-refractivity contribution in [2.75, 3.05) is 13.2 Å². The van der Waals surface area contributed by atoms with E-state index in [1.165, 1.54) is 12.1 Å². The highest BCUT2D eigenvalue weighted by atomic mass is 32.2. The Balaban J connectivity index is 1.98. The summed E-state index contributed by atoms with van der Waals surface area (Å²) in [5, 5.41) is 8.08. The van der Waals surface area contributed by atoms with Crippen molar-refractivity contribution in [1.82, 2.24) is 10.3 Å². The van der Waals surface area contributed by atoms with Crippen molar-refractivity contribution in [2.24, 2.45) is 5.14 Å². The third-order valence-corrected chi connectivity index (χ3v) is 4.79. The van der Waals surface area contributed by atoms with E-state index in [0.29, 0.717) is 6.42 Å². The lowest BCUT2D eigenvalue weighted by molar-refractivity contribution is 0.0923. The van der Waals surface area contributed by atoms with E-state index < -0.39 is 15.9 Å². The van der Waals surface area contributed by atoms with E-state index in [0.717, 1.165) is 5.69 Å². The van der Waals surface area contributed by atoms with Crippen LogP contribution in [0.2, 0.25) is 0 Å². The smallest absolute Gasteiger partial charge is 0.255 e. The molecular formula is C16H19N3O5S. The lowest BCUT2D eigenvalue weighted by Gasteiger charge is -2.23. The summed E-state index contributed by atoms with van der Waals surface area (Å²) in [4.78, 5) is 15.6. The Morgan fingerprint density at radius 2 is 2.12 bits per heavy atom. The Morgan fingerprint density at radius 3 is 2.76 bits per heavy atom. The van der Waals surface area contributed by atoms with Crippen LogP contribution in [0, 0.1) is 0 Å². The molecular weight excluding hydrogens is 346 g/mol. The minimum atomic E-state index is -3.99. The Morgan fingerprint density at radius 1 is 1.36 bits per heavy atom. The summed E-state index contributed by atoms with van der Waals surface area (Å²) in [6.45, 7) is 2.47. The Bertz CT molecular complexity index is 877. The number of nitrogens with one attached hydrogen (secondary N) is 2. The second kappa shape index (κ2) is 6.77. The molecule has 1 amide bonds. The fourth-order valence-corrected chi connectivity index (χ4v) is 3.21. The zero-order valence-corrected chi connectivity index (χ0v) is 14.4. The molecule has 9 heteroatoms. The van der Waals surface area contributed by atoms with E-state index in [2.05, 4.69) is 10.3 Å². The van der Waals surface area contributed by atoms with Crippen molar-refractivity contribution < 1.29 is 22.7 Å². The van der Waals surface area contributed by atoms with E-state index in [1.807, 2.05) is 19.1 Å². The maximum Gasteiger partial charge on any atom is 0.255 e. The summed E-state index contributed by atoms with van der Waals surface area (Å²) in [6, 6.07) is 5.93. The highest BCUT2D eigenvalue weighted by Crippen LogP contribution is 2.36. The number of aromatic amines is 1. The molecule has 2 heterocycles. The molecule has 0 saturated heterocycles. The van der Waals surface area contributed by atoms with Crippen LogP contribution in [-0.4, -0.2) is 32.5 Å². The van der Waals surface area contributed by atoms with Crippen LogP contribution in [-0.2, 0) is 10.0 Å². The van der Waals surface area contributed by atoms with Crippen LogP contribution >= 0.6 is 0 Å². The number of primary sulfonamides is 1. The van der Waals surface area contributed by atoms with Gasteiger partial charge in [0.05, 0.1) is 16.5 Å². The van der Waals surface area contributed by atoms with E-state index in [-0.39, 0.29) is 41.2 Å². The Labute approximate surface area is 145 Å². The molecule has 1 unspecified atom stereocenters. The number of amides is 1. The molecule has 1 atom stereocenters. The minimum Gasteiger partial charge on any atom is -0.486 e. The van der Waals surface area contributed by atoms with E-state index in [9.17, 15) is 13.2 Å². The number of hydrogen-bond donors (Lipinski definition) is 3. The quantitative estimate of drug-likeness (QED) is 0.737. The van der Waals surface area contributed by atoms with Gasteiger partial charge in [-0.15, -0.1) is 0 Å². The number of aromatic nitrogens is 1. The summed E-state index contributed by atoms with van der Waals surface area (Å²) >= 11 is 0. The number of rotatable bonds is 5. The molecule has 1 aliphatic rings. The highest BCUT2D eigenvalue weighted by molar-refractivity contribution is 7.89. The topological polar surface area (TPSA) is 124 Å². The molecule has 4 N–H and O–H groups in total. The summed E-state index contributed by atoms with van der Waals surface area (Å²) in [7, 11) is -3.99. The molecule has 0 radical (unpaired) electrons. The number of carbonyl (C=O) groups is 1. The monoisotopic (exact) mass is 365 g/mol. The fraction of sp³-hybridized carbons (Fsp3) is 0.312. The van der Waals surface area contributed by atoms with Gasteiger partial charge in [0, 0.05) is 18.0 Å². The lowest BCUT2D eigenvalue weighted by atomic mass is 10.1. The number of ether oxygens (including phenoxy) is 2. The molecule has 0 aliphatic carbocycles. The first kappa shape index (κ1) is 17.3. The second-order valence-electron chi connectivity index (χ2n) is 5.60. The minimum absolute atomic E-state index is 0.0752. The average Bonchev–Trinajstić information content (AvgIpc) is 3.12. The third-order valence-electron chi connectivity index (χ3n) is 3.90. The number of sulfonamides is 1. The molecule has 0 fully saturated rings. The first-order valence-electron chi connectivity index (χ1n) is 7.80. The normalized spacial score (nSPS) is 14.8. The Kier molecular flexibility index (Phi) is 4.69. The van der Waals surface area contributed by atoms with Gasteiger partial charge < -0.3 is 19.8 Å². The van der Waals surface area contributed by atoms with Gasteiger partial charge in [-0.2, -0.15) is 0 Å². The number of carbonyl (C=O) groups excluding carboxylic acids is 1. The lowest BCUT2D eigenvalue weighted by Crippen LogP contribution is -2.30. The highest BCUT2D eigenvalue weighted by Gasteiger charge is 2.26. The van der Waals surface area contributed by atoms with Crippen LogP contribution in [0.5, 0.6) is 11.5 Å². The van der Waals surface area contributed by atoms with Crippen molar-refractivity contribution in [3.63, 3.8) is 0 Å². The molecule has 2 aromatic rings. The predicted molar refractivity (Wildman–Crippen MR) is 90.1 cm³/mol. The molecule has 25 heavy (non-hydrogen) atoms. The predicted octanol–water partition coefficient (Wildman–Crippen LogP) is 1.31. The summed E-state index contributed by atoms with van der Waals surface area (Å²) < 4.78 is 34.3. The second-order valence-corrected chi connectivity index (χ2v) is 7.16. The van der Waals surface area contributed by atoms with Gasteiger partial charge in [0.15, 0.2) is 11.5 Å². The number of nitrogens with two attached hydrogens (primary N) is 1. The molecule has 0 bridgehead atoms. The van der Waals surface area contributed by atoms with E-state index >= 15 is 0 Å². The van der Waals surface area contributed by atoms with Crippen LogP contribution in [0.4, 0.5) is 0 Å². The molecule has 134 valence electrons. The van der Waals surface area contributed by atoms with Gasteiger partial charge in [-0.25, -0.2) is 13.6 Å². The first-order valence-corrected chi connectivity index (χ1v) is 9.35. The van der Waals surface area contributed by atoms with Crippen LogP contribution in [0.15, 0.2) is 35.4 Å². The van der Waals surface area contributed by atoms with Gasteiger partial charge in [-0.05, 0) is 24.6 Å².